The first-order valence-corrected chi connectivity index (χ1v) is 8.24. The summed E-state index contributed by atoms with van der Waals surface area (Å²) < 4.78 is 1.13. The number of thiazole rings is 1. The smallest absolute Gasteiger partial charge is 0.143 e. The molecule has 4 nitrogen and oxygen atoms in total. The molecular weight excluding hydrogens is 371 g/mol. The number of hydrogen-bond donors (Lipinski definition) is 1. The first kappa shape index (κ1) is 14.6. The molecule has 0 aliphatic heterocycles. The quantitative estimate of drug-likeness (QED) is 0.798. The van der Waals surface area contributed by atoms with E-state index in [0.717, 1.165) is 44.4 Å². The molecule has 0 aliphatic carbocycles. The molecule has 2 aromatic heterocycles. The summed E-state index contributed by atoms with van der Waals surface area (Å²) >= 11 is 3.98. The molecule has 6 heteroatoms. The summed E-state index contributed by atoms with van der Waals surface area (Å²) in [4.78, 5) is 13.7. The standard InChI is InChI=1S/C13H17IN4S/c1-4-5-9-12(14)13(15-3)18-10(17-9)6-11-16-8(2)7-19-11/h7H,4-6H2,1-3H3,(H,15,17,18). The maximum Gasteiger partial charge on any atom is 0.143 e. The Kier molecular flexibility index (Phi) is 5.09. The fourth-order valence-electron chi connectivity index (χ4n) is 1.81. The van der Waals surface area contributed by atoms with Gasteiger partial charge in [-0.2, -0.15) is 0 Å². The van der Waals surface area contributed by atoms with Crippen molar-refractivity contribution in [2.24, 2.45) is 0 Å². The first-order chi connectivity index (χ1) is 9.13. The lowest BCUT2D eigenvalue weighted by atomic mass is 10.2. The molecule has 2 rings (SSSR count). The van der Waals surface area contributed by atoms with Crippen LogP contribution >= 0.6 is 33.9 Å². The number of nitrogens with one attached hydrogen (secondary N) is 1. The molecule has 0 saturated carbocycles. The predicted octanol–water partition coefficient (Wildman–Crippen LogP) is 3.43. The van der Waals surface area contributed by atoms with E-state index in [2.05, 4.69) is 55.2 Å². The van der Waals surface area contributed by atoms with Crippen molar-refractivity contribution in [3.05, 3.63) is 31.2 Å². The van der Waals surface area contributed by atoms with Crippen LogP contribution in [0, 0.1) is 10.5 Å². The zero-order valence-corrected chi connectivity index (χ0v) is 14.3. The molecule has 0 atom stereocenters. The fourth-order valence-corrected chi connectivity index (χ4v) is 3.36. The molecule has 2 aromatic rings. The van der Waals surface area contributed by atoms with Gasteiger partial charge in [0.05, 0.1) is 15.7 Å². The number of rotatable bonds is 5. The van der Waals surface area contributed by atoms with Crippen molar-refractivity contribution >= 4 is 39.7 Å². The zero-order valence-electron chi connectivity index (χ0n) is 11.3. The molecule has 0 spiro atoms. The van der Waals surface area contributed by atoms with Crippen LogP contribution < -0.4 is 5.32 Å². The molecule has 102 valence electrons. The highest BCUT2D eigenvalue weighted by atomic mass is 127. The van der Waals surface area contributed by atoms with Gasteiger partial charge in [-0.15, -0.1) is 11.3 Å². The van der Waals surface area contributed by atoms with E-state index in [9.17, 15) is 0 Å². The van der Waals surface area contributed by atoms with Crippen molar-refractivity contribution in [1.29, 1.82) is 0 Å². The van der Waals surface area contributed by atoms with Gasteiger partial charge in [0.2, 0.25) is 0 Å². The summed E-state index contributed by atoms with van der Waals surface area (Å²) in [7, 11) is 1.90. The zero-order chi connectivity index (χ0) is 13.8. The number of hydrogen-bond acceptors (Lipinski definition) is 5. The Labute approximate surface area is 131 Å². The average molecular weight is 388 g/mol. The maximum atomic E-state index is 4.68. The van der Waals surface area contributed by atoms with Crippen molar-refractivity contribution in [2.45, 2.75) is 33.1 Å². The van der Waals surface area contributed by atoms with Gasteiger partial charge in [0.15, 0.2) is 0 Å². The Morgan fingerprint density at radius 3 is 2.68 bits per heavy atom. The van der Waals surface area contributed by atoms with Crippen molar-refractivity contribution < 1.29 is 0 Å². The summed E-state index contributed by atoms with van der Waals surface area (Å²) in [6.45, 7) is 4.18. The molecular formula is C13H17IN4S. The van der Waals surface area contributed by atoms with E-state index in [1.54, 1.807) is 11.3 Å². The van der Waals surface area contributed by atoms with E-state index < -0.39 is 0 Å². The highest BCUT2D eigenvalue weighted by molar-refractivity contribution is 14.1. The topological polar surface area (TPSA) is 50.7 Å². The first-order valence-electron chi connectivity index (χ1n) is 6.28. The molecule has 0 aromatic carbocycles. The minimum atomic E-state index is 0.709. The van der Waals surface area contributed by atoms with Crippen LogP contribution in [0.25, 0.3) is 0 Å². The van der Waals surface area contributed by atoms with E-state index in [4.69, 9.17) is 0 Å². The summed E-state index contributed by atoms with van der Waals surface area (Å²) in [6.07, 6.45) is 2.78. The van der Waals surface area contributed by atoms with Gasteiger partial charge < -0.3 is 5.32 Å². The highest BCUT2D eigenvalue weighted by Gasteiger charge is 2.12. The summed E-state index contributed by atoms with van der Waals surface area (Å²) in [6, 6.07) is 0. The summed E-state index contributed by atoms with van der Waals surface area (Å²) in [5, 5.41) is 6.29. The lowest BCUT2D eigenvalue weighted by Crippen LogP contribution is -2.08. The second-order valence-electron chi connectivity index (χ2n) is 4.31. The minimum Gasteiger partial charge on any atom is -0.372 e. The number of halogens is 1. The van der Waals surface area contributed by atoms with Crippen molar-refractivity contribution in [3.63, 3.8) is 0 Å². The van der Waals surface area contributed by atoms with E-state index in [0.29, 0.717) is 6.42 Å². The van der Waals surface area contributed by atoms with Crippen LogP contribution in [-0.2, 0) is 12.8 Å². The van der Waals surface area contributed by atoms with Gasteiger partial charge in [-0.05, 0) is 35.9 Å². The Balaban J connectivity index is 2.31. The molecule has 0 unspecified atom stereocenters. The maximum absolute atomic E-state index is 4.68. The number of anilines is 1. The number of nitrogens with zero attached hydrogens (tertiary/aromatic N) is 3. The lowest BCUT2D eigenvalue weighted by molar-refractivity contribution is 0.832. The average Bonchev–Trinajstić information content (AvgIpc) is 2.79. The van der Waals surface area contributed by atoms with Crippen molar-refractivity contribution in [2.75, 3.05) is 12.4 Å². The molecule has 2 heterocycles. The Hall–Kier alpha value is -0.760. The van der Waals surface area contributed by atoms with E-state index in [1.165, 1.54) is 0 Å². The molecule has 19 heavy (non-hydrogen) atoms. The molecule has 0 aliphatic rings. The number of aryl methyl sites for hydroxylation is 2. The van der Waals surface area contributed by atoms with Gasteiger partial charge in [-0.25, -0.2) is 15.0 Å². The second kappa shape index (κ2) is 6.60. The van der Waals surface area contributed by atoms with Crippen LogP contribution in [0.3, 0.4) is 0 Å². The van der Waals surface area contributed by atoms with Gasteiger partial charge in [0.1, 0.15) is 16.6 Å². The van der Waals surface area contributed by atoms with Crippen LogP contribution in [0.15, 0.2) is 5.38 Å². The molecule has 0 amide bonds. The molecule has 0 fully saturated rings. The van der Waals surface area contributed by atoms with Crippen LogP contribution in [0.2, 0.25) is 0 Å². The van der Waals surface area contributed by atoms with Crippen molar-refractivity contribution in [1.82, 2.24) is 15.0 Å². The van der Waals surface area contributed by atoms with Crippen LogP contribution in [0.1, 0.15) is 35.6 Å². The van der Waals surface area contributed by atoms with E-state index >= 15 is 0 Å². The van der Waals surface area contributed by atoms with Crippen LogP contribution in [-0.4, -0.2) is 22.0 Å². The van der Waals surface area contributed by atoms with Gasteiger partial charge in [-0.3, -0.25) is 0 Å². The third kappa shape index (κ3) is 3.62. The third-order valence-electron chi connectivity index (χ3n) is 2.67. The van der Waals surface area contributed by atoms with Crippen LogP contribution in [0.5, 0.6) is 0 Å². The fraction of sp³-hybridized carbons (Fsp3) is 0.462. The summed E-state index contributed by atoms with van der Waals surface area (Å²) in [5.74, 6) is 1.77. The van der Waals surface area contributed by atoms with Gasteiger partial charge in [0, 0.05) is 18.1 Å². The number of aromatic nitrogens is 3. The predicted molar refractivity (Wildman–Crippen MR) is 87.9 cm³/mol. The van der Waals surface area contributed by atoms with Crippen molar-refractivity contribution in [3.8, 4) is 0 Å². The molecule has 0 radical (unpaired) electrons. The Bertz CT molecular complexity index is 568. The minimum absolute atomic E-state index is 0.709. The largest absolute Gasteiger partial charge is 0.372 e. The SMILES string of the molecule is CCCc1nc(Cc2nc(C)cs2)nc(NC)c1I. The van der Waals surface area contributed by atoms with Gasteiger partial charge >= 0.3 is 0 Å². The third-order valence-corrected chi connectivity index (χ3v) is 4.77. The Morgan fingerprint density at radius 2 is 2.11 bits per heavy atom. The molecule has 1 N–H and O–H groups in total. The lowest BCUT2D eigenvalue weighted by Gasteiger charge is -2.10. The molecule has 0 saturated heterocycles. The van der Waals surface area contributed by atoms with Gasteiger partial charge in [-0.1, -0.05) is 13.3 Å². The van der Waals surface area contributed by atoms with Crippen LogP contribution in [0.4, 0.5) is 5.82 Å². The highest BCUT2D eigenvalue weighted by Crippen LogP contribution is 2.21. The monoisotopic (exact) mass is 388 g/mol. The summed E-state index contributed by atoms with van der Waals surface area (Å²) in [5.41, 5.74) is 2.19. The van der Waals surface area contributed by atoms with Gasteiger partial charge in [0.25, 0.3) is 0 Å². The van der Waals surface area contributed by atoms with E-state index in [-0.39, 0.29) is 0 Å². The van der Waals surface area contributed by atoms with E-state index in [1.807, 2.05) is 14.0 Å². The second-order valence-corrected chi connectivity index (χ2v) is 6.33. The Morgan fingerprint density at radius 1 is 1.32 bits per heavy atom. The normalized spacial score (nSPS) is 10.7. The molecule has 0 bridgehead atoms.